The minimum absolute atomic E-state index is 0.273. The molecule has 0 atom stereocenters. The highest BCUT2D eigenvalue weighted by atomic mass is 35.5. The number of nitrogens with one attached hydrogen (secondary N) is 1. The van der Waals surface area contributed by atoms with Crippen LogP contribution < -0.4 is 5.48 Å². The molecule has 1 aromatic carbocycles. The Labute approximate surface area is 76.9 Å². The van der Waals surface area contributed by atoms with E-state index in [4.69, 9.17) is 16.8 Å². The third kappa shape index (κ3) is 1.93. The quantitative estimate of drug-likeness (QED) is 0.419. The minimum atomic E-state index is -1.21. The number of hydrogen-bond acceptors (Lipinski definition) is 2. The molecule has 1 aromatic rings. The van der Waals surface area contributed by atoms with Gasteiger partial charge in [0.15, 0.2) is 11.6 Å². The van der Waals surface area contributed by atoms with Gasteiger partial charge in [-0.3, -0.25) is 10.0 Å². The maximum absolute atomic E-state index is 12.6. The van der Waals surface area contributed by atoms with E-state index in [1.54, 1.807) is 0 Å². The molecule has 3 nitrogen and oxygen atoms in total. The fourth-order valence-electron chi connectivity index (χ4n) is 0.757. The van der Waals surface area contributed by atoms with Crippen molar-refractivity contribution < 1.29 is 18.8 Å². The second-order valence-corrected chi connectivity index (χ2v) is 2.59. The van der Waals surface area contributed by atoms with Gasteiger partial charge >= 0.3 is 0 Å². The highest BCUT2D eigenvalue weighted by Gasteiger charge is 2.13. The molecular formula is C7H4ClF2NO2. The molecular weight excluding hydrogens is 204 g/mol. The molecule has 0 fully saturated rings. The summed E-state index contributed by atoms with van der Waals surface area (Å²) in [4.78, 5) is 10.8. The van der Waals surface area contributed by atoms with Gasteiger partial charge in [-0.15, -0.1) is 0 Å². The van der Waals surface area contributed by atoms with E-state index < -0.39 is 17.5 Å². The molecule has 6 heteroatoms. The Morgan fingerprint density at radius 1 is 1.38 bits per heavy atom. The zero-order valence-corrected chi connectivity index (χ0v) is 6.90. The Bertz CT molecular complexity index is 357. The van der Waals surface area contributed by atoms with Crippen molar-refractivity contribution in [2.75, 3.05) is 0 Å². The average molecular weight is 208 g/mol. The third-order valence-electron chi connectivity index (χ3n) is 1.36. The first-order valence-corrected chi connectivity index (χ1v) is 3.53. The lowest BCUT2D eigenvalue weighted by atomic mass is 10.2. The Balaban J connectivity index is 3.23. The fourth-order valence-corrected chi connectivity index (χ4v) is 0.993. The average Bonchev–Trinajstić information content (AvgIpc) is 2.10. The van der Waals surface area contributed by atoms with Crippen molar-refractivity contribution in [1.82, 2.24) is 5.48 Å². The molecule has 1 amide bonds. The van der Waals surface area contributed by atoms with Gasteiger partial charge in [-0.2, -0.15) is 0 Å². The van der Waals surface area contributed by atoms with Crippen LogP contribution in [0.1, 0.15) is 10.4 Å². The van der Waals surface area contributed by atoms with Crippen LogP contribution >= 0.6 is 11.6 Å². The molecule has 0 bridgehead atoms. The summed E-state index contributed by atoms with van der Waals surface area (Å²) < 4.78 is 25.0. The highest BCUT2D eigenvalue weighted by Crippen LogP contribution is 2.19. The van der Waals surface area contributed by atoms with E-state index in [0.29, 0.717) is 12.1 Å². The maximum Gasteiger partial charge on any atom is 0.276 e. The minimum Gasteiger partial charge on any atom is -0.288 e. The SMILES string of the molecule is O=C(NO)c1cc(F)c(F)cc1Cl. The lowest BCUT2D eigenvalue weighted by Crippen LogP contribution is -2.19. The topological polar surface area (TPSA) is 49.3 Å². The summed E-state index contributed by atoms with van der Waals surface area (Å²) in [6, 6.07) is 1.25. The summed E-state index contributed by atoms with van der Waals surface area (Å²) in [5, 5.41) is 7.93. The van der Waals surface area contributed by atoms with E-state index in [1.807, 2.05) is 0 Å². The lowest BCUT2D eigenvalue weighted by Gasteiger charge is -2.02. The summed E-state index contributed by atoms with van der Waals surface area (Å²) in [7, 11) is 0. The second kappa shape index (κ2) is 3.68. The van der Waals surface area contributed by atoms with E-state index in [1.165, 1.54) is 5.48 Å². The summed E-state index contributed by atoms with van der Waals surface area (Å²) in [6.45, 7) is 0. The van der Waals surface area contributed by atoms with Gasteiger partial charge in [0.1, 0.15) is 0 Å². The predicted octanol–water partition coefficient (Wildman–Crippen LogP) is 1.74. The molecule has 0 heterocycles. The van der Waals surface area contributed by atoms with Crippen LogP contribution in [0.4, 0.5) is 8.78 Å². The van der Waals surface area contributed by atoms with Crippen LogP contribution in [0, 0.1) is 11.6 Å². The summed E-state index contributed by atoms with van der Waals surface area (Å²) in [5.74, 6) is -3.36. The molecule has 70 valence electrons. The number of rotatable bonds is 1. The van der Waals surface area contributed by atoms with Gasteiger partial charge in [0, 0.05) is 0 Å². The molecule has 13 heavy (non-hydrogen) atoms. The molecule has 0 aromatic heterocycles. The standard InChI is InChI=1S/C7H4ClF2NO2/c8-4-2-6(10)5(9)1-3(4)7(12)11-13/h1-2,13H,(H,11,12). The van der Waals surface area contributed by atoms with Gasteiger partial charge in [-0.1, -0.05) is 11.6 Å². The van der Waals surface area contributed by atoms with Crippen molar-refractivity contribution in [2.45, 2.75) is 0 Å². The van der Waals surface area contributed by atoms with E-state index in [2.05, 4.69) is 0 Å². The molecule has 0 saturated heterocycles. The first kappa shape index (κ1) is 9.88. The van der Waals surface area contributed by atoms with Crippen molar-refractivity contribution in [3.8, 4) is 0 Å². The van der Waals surface area contributed by atoms with Crippen LogP contribution in [0.2, 0.25) is 5.02 Å². The monoisotopic (exact) mass is 207 g/mol. The van der Waals surface area contributed by atoms with Crippen LogP contribution in [-0.2, 0) is 0 Å². The molecule has 2 N–H and O–H groups in total. The summed E-state index contributed by atoms with van der Waals surface area (Å²) >= 11 is 5.40. The van der Waals surface area contributed by atoms with Gasteiger partial charge in [0.2, 0.25) is 0 Å². The molecule has 0 radical (unpaired) electrons. The third-order valence-corrected chi connectivity index (χ3v) is 1.67. The largest absolute Gasteiger partial charge is 0.288 e. The molecule has 0 aliphatic rings. The van der Waals surface area contributed by atoms with Crippen molar-refractivity contribution >= 4 is 17.5 Å². The predicted molar refractivity (Wildman–Crippen MR) is 40.6 cm³/mol. The van der Waals surface area contributed by atoms with Gasteiger partial charge in [0.05, 0.1) is 10.6 Å². The van der Waals surface area contributed by atoms with Crippen molar-refractivity contribution in [3.05, 3.63) is 34.4 Å². The number of hydroxylamine groups is 1. The molecule has 0 aliphatic heterocycles. The molecule has 1 rings (SSSR count). The lowest BCUT2D eigenvalue weighted by molar-refractivity contribution is 0.0706. The zero-order valence-electron chi connectivity index (χ0n) is 6.14. The second-order valence-electron chi connectivity index (χ2n) is 2.19. The van der Waals surface area contributed by atoms with Gasteiger partial charge in [-0.05, 0) is 12.1 Å². The van der Waals surface area contributed by atoms with E-state index in [9.17, 15) is 13.6 Å². The van der Waals surface area contributed by atoms with Gasteiger partial charge in [-0.25, -0.2) is 14.3 Å². The van der Waals surface area contributed by atoms with Crippen LogP contribution in [0.15, 0.2) is 12.1 Å². The molecule has 0 unspecified atom stereocenters. The number of carbonyl (C=O) groups is 1. The molecule has 0 spiro atoms. The number of benzene rings is 1. The number of carbonyl (C=O) groups excluding carboxylic acids is 1. The van der Waals surface area contributed by atoms with Gasteiger partial charge < -0.3 is 0 Å². The Morgan fingerprint density at radius 3 is 2.46 bits per heavy atom. The van der Waals surface area contributed by atoms with Crippen LogP contribution in [0.3, 0.4) is 0 Å². The van der Waals surface area contributed by atoms with Crippen molar-refractivity contribution in [3.63, 3.8) is 0 Å². The first-order chi connectivity index (χ1) is 6.06. The molecule has 0 aliphatic carbocycles. The first-order valence-electron chi connectivity index (χ1n) is 3.15. The van der Waals surface area contributed by atoms with E-state index >= 15 is 0 Å². The van der Waals surface area contributed by atoms with Crippen LogP contribution in [0.25, 0.3) is 0 Å². The highest BCUT2D eigenvalue weighted by molar-refractivity contribution is 6.33. The zero-order chi connectivity index (χ0) is 10.0. The fraction of sp³-hybridized carbons (Fsp3) is 0. The number of amides is 1. The maximum atomic E-state index is 12.6. The Hall–Kier alpha value is -1.20. The smallest absolute Gasteiger partial charge is 0.276 e. The van der Waals surface area contributed by atoms with Crippen molar-refractivity contribution in [2.24, 2.45) is 0 Å². The Morgan fingerprint density at radius 2 is 1.92 bits per heavy atom. The van der Waals surface area contributed by atoms with Gasteiger partial charge in [0.25, 0.3) is 5.91 Å². The normalized spacial score (nSPS) is 9.85. The Kier molecular flexibility index (Phi) is 2.79. The van der Waals surface area contributed by atoms with E-state index in [0.717, 1.165) is 0 Å². The van der Waals surface area contributed by atoms with Crippen LogP contribution in [-0.4, -0.2) is 11.1 Å². The van der Waals surface area contributed by atoms with Crippen LogP contribution in [0.5, 0.6) is 0 Å². The number of hydrogen-bond donors (Lipinski definition) is 2. The summed E-state index contributed by atoms with van der Waals surface area (Å²) in [6.07, 6.45) is 0. The summed E-state index contributed by atoms with van der Waals surface area (Å²) in [5.41, 5.74) is 0.926. The number of halogens is 3. The van der Waals surface area contributed by atoms with Crippen molar-refractivity contribution in [1.29, 1.82) is 0 Å². The molecule has 0 saturated carbocycles. The van der Waals surface area contributed by atoms with E-state index in [-0.39, 0.29) is 10.6 Å².